The summed E-state index contributed by atoms with van der Waals surface area (Å²) in [5.41, 5.74) is 6.69. The first kappa shape index (κ1) is 12.1. The SMILES string of the molecule is NCC(=O)N1CCC(=O)Nc2cccc(Br)c21. The Morgan fingerprint density at radius 3 is 3.00 bits per heavy atom. The van der Waals surface area contributed by atoms with Crippen LogP contribution in [0, 0.1) is 0 Å². The summed E-state index contributed by atoms with van der Waals surface area (Å²) in [5.74, 6) is -0.300. The van der Waals surface area contributed by atoms with E-state index in [1.807, 2.05) is 6.07 Å². The number of benzene rings is 1. The first-order chi connectivity index (χ1) is 8.13. The van der Waals surface area contributed by atoms with E-state index in [0.29, 0.717) is 17.9 Å². The highest BCUT2D eigenvalue weighted by Crippen LogP contribution is 2.35. The molecule has 17 heavy (non-hydrogen) atoms. The van der Waals surface area contributed by atoms with Crippen molar-refractivity contribution in [3.8, 4) is 0 Å². The van der Waals surface area contributed by atoms with Gasteiger partial charge in [-0.15, -0.1) is 0 Å². The molecule has 1 aromatic rings. The van der Waals surface area contributed by atoms with Crippen LogP contribution in [0.5, 0.6) is 0 Å². The van der Waals surface area contributed by atoms with E-state index in [-0.39, 0.29) is 24.8 Å². The maximum absolute atomic E-state index is 11.8. The number of hydrogen-bond acceptors (Lipinski definition) is 3. The van der Waals surface area contributed by atoms with Crippen molar-refractivity contribution in [2.75, 3.05) is 23.3 Å². The number of nitrogens with zero attached hydrogens (tertiary/aromatic N) is 1. The average molecular weight is 298 g/mol. The maximum Gasteiger partial charge on any atom is 0.240 e. The highest BCUT2D eigenvalue weighted by molar-refractivity contribution is 9.10. The molecule has 3 N–H and O–H groups in total. The van der Waals surface area contributed by atoms with E-state index in [1.165, 1.54) is 4.90 Å². The molecule has 2 amide bonds. The Hall–Kier alpha value is -1.40. The summed E-state index contributed by atoms with van der Waals surface area (Å²) in [7, 11) is 0. The zero-order valence-electron chi connectivity index (χ0n) is 9.07. The van der Waals surface area contributed by atoms with Crippen LogP contribution in [0.25, 0.3) is 0 Å². The summed E-state index contributed by atoms with van der Waals surface area (Å²) in [6.07, 6.45) is 0.271. The molecule has 0 radical (unpaired) electrons. The number of fused-ring (bicyclic) bond motifs is 1. The van der Waals surface area contributed by atoms with Crippen LogP contribution in [0.4, 0.5) is 11.4 Å². The van der Waals surface area contributed by atoms with Crippen LogP contribution in [0.15, 0.2) is 22.7 Å². The predicted octanol–water partition coefficient (Wildman–Crippen LogP) is 1.08. The summed E-state index contributed by atoms with van der Waals surface area (Å²) in [6, 6.07) is 5.40. The van der Waals surface area contributed by atoms with Crippen molar-refractivity contribution in [2.24, 2.45) is 5.73 Å². The maximum atomic E-state index is 11.8. The third-order valence-corrected chi connectivity index (χ3v) is 3.21. The number of nitrogens with one attached hydrogen (secondary N) is 1. The number of nitrogens with two attached hydrogens (primary N) is 1. The standard InChI is InChI=1S/C11H12BrN3O2/c12-7-2-1-3-8-11(7)15(10(17)6-13)5-4-9(16)14-8/h1-3H,4-6,13H2,(H,14,16). The predicted molar refractivity (Wildman–Crippen MR) is 68.8 cm³/mol. The third-order valence-electron chi connectivity index (χ3n) is 2.57. The Bertz CT molecular complexity index is 476. The number of hydrogen-bond donors (Lipinski definition) is 2. The molecule has 1 heterocycles. The Morgan fingerprint density at radius 2 is 2.29 bits per heavy atom. The van der Waals surface area contributed by atoms with E-state index in [0.717, 1.165) is 4.47 Å². The largest absolute Gasteiger partial charge is 0.324 e. The number of anilines is 2. The molecule has 5 nitrogen and oxygen atoms in total. The molecule has 0 aliphatic carbocycles. The number of carbonyl (C=O) groups excluding carboxylic acids is 2. The second kappa shape index (κ2) is 4.85. The van der Waals surface area contributed by atoms with Gasteiger partial charge in [-0.2, -0.15) is 0 Å². The fourth-order valence-corrected chi connectivity index (χ4v) is 2.37. The van der Waals surface area contributed by atoms with E-state index >= 15 is 0 Å². The van der Waals surface area contributed by atoms with Gasteiger partial charge in [-0.1, -0.05) is 6.07 Å². The molecule has 0 atom stereocenters. The van der Waals surface area contributed by atoms with Gasteiger partial charge in [0, 0.05) is 17.4 Å². The van der Waals surface area contributed by atoms with Crippen LogP contribution in [-0.2, 0) is 9.59 Å². The first-order valence-electron chi connectivity index (χ1n) is 5.22. The first-order valence-corrected chi connectivity index (χ1v) is 6.01. The number of rotatable bonds is 1. The summed E-state index contributed by atoms with van der Waals surface area (Å²) in [4.78, 5) is 24.8. The molecule has 0 unspecified atom stereocenters. The van der Waals surface area contributed by atoms with Crippen molar-refractivity contribution in [3.05, 3.63) is 22.7 Å². The van der Waals surface area contributed by atoms with Crippen molar-refractivity contribution in [3.63, 3.8) is 0 Å². The van der Waals surface area contributed by atoms with Gasteiger partial charge in [0.1, 0.15) is 0 Å². The van der Waals surface area contributed by atoms with E-state index in [9.17, 15) is 9.59 Å². The Kier molecular flexibility index (Phi) is 3.44. The number of para-hydroxylation sites is 1. The van der Waals surface area contributed by atoms with Crippen molar-refractivity contribution < 1.29 is 9.59 Å². The van der Waals surface area contributed by atoms with Gasteiger partial charge in [0.15, 0.2) is 0 Å². The molecule has 1 aliphatic heterocycles. The molecular weight excluding hydrogens is 286 g/mol. The zero-order valence-corrected chi connectivity index (χ0v) is 10.7. The van der Waals surface area contributed by atoms with E-state index in [1.54, 1.807) is 12.1 Å². The molecule has 90 valence electrons. The Balaban J connectivity index is 2.51. The van der Waals surface area contributed by atoms with Crippen LogP contribution >= 0.6 is 15.9 Å². The van der Waals surface area contributed by atoms with Crippen LogP contribution < -0.4 is 16.0 Å². The molecule has 0 fully saturated rings. The van der Waals surface area contributed by atoms with Gasteiger partial charge in [-0.25, -0.2) is 0 Å². The molecule has 0 bridgehead atoms. The smallest absolute Gasteiger partial charge is 0.240 e. The lowest BCUT2D eigenvalue weighted by Gasteiger charge is -2.22. The normalized spacial score (nSPS) is 14.9. The molecule has 0 saturated carbocycles. The molecule has 2 rings (SSSR count). The van der Waals surface area contributed by atoms with Crippen molar-refractivity contribution in [1.82, 2.24) is 0 Å². The topological polar surface area (TPSA) is 75.4 Å². The Morgan fingerprint density at radius 1 is 1.53 bits per heavy atom. The summed E-state index contributed by atoms with van der Waals surface area (Å²) < 4.78 is 0.763. The molecule has 1 aliphatic rings. The fourth-order valence-electron chi connectivity index (χ4n) is 1.79. The van der Waals surface area contributed by atoms with E-state index in [4.69, 9.17) is 5.73 Å². The van der Waals surface area contributed by atoms with Crippen molar-refractivity contribution in [2.45, 2.75) is 6.42 Å². The van der Waals surface area contributed by atoms with Crippen LogP contribution in [0.3, 0.4) is 0 Å². The van der Waals surface area contributed by atoms with Crippen LogP contribution in [-0.4, -0.2) is 24.9 Å². The zero-order chi connectivity index (χ0) is 12.4. The molecule has 0 spiro atoms. The monoisotopic (exact) mass is 297 g/mol. The van der Waals surface area contributed by atoms with Crippen molar-refractivity contribution in [1.29, 1.82) is 0 Å². The number of halogens is 1. The average Bonchev–Trinajstić information content (AvgIpc) is 2.47. The highest BCUT2D eigenvalue weighted by atomic mass is 79.9. The lowest BCUT2D eigenvalue weighted by Crippen LogP contribution is -2.36. The summed E-state index contributed by atoms with van der Waals surface area (Å²) >= 11 is 3.39. The van der Waals surface area contributed by atoms with Gasteiger partial charge in [-0.05, 0) is 28.1 Å². The Labute approximate surface area is 107 Å². The minimum Gasteiger partial charge on any atom is -0.324 e. The van der Waals surface area contributed by atoms with Crippen LogP contribution in [0.2, 0.25) is 0 Å². The molecule has 6 heteroatoms. The van der Waals surface area contributed by atoms with Crippen molar-refractivity contribution >= 4 is 39.1 Å². The minimum atomic E-state index is -0.199. The van der Waals surface area contributed by atoms with Gasteiger partial charge < -0.3 is 16.0 Å². The lowest BCUT2D eigenvalue weighted by molar-refractivity contribution is -0.117. The second-order valence-corrected chi connectivity index (χ2v) is 4.54. The van der Waals surface area contributed by atoms with Gasteiger partial charge >= 0.3 is 0 Å². The summed E-state index contributed by atoms with van der Waals surface area (Å²) in [5, 5.41) is 2.77. The molecule has 1 aromatic carbocycles. The van der Waals surface area contributed by atoms with Gasteiger partial charge in [0.05, 0.1) is 17.9 Å². The van der Waals surface area contributed by atoms with Gasteiger partial charge in [0.25, 0.3) is 0 Å². The molecular formula is C11H12BrN3O2. The summed E-state index contributed by atoms with van der Waals surface area (Å²) in [6.45, 7) is 0.270. The number of amides is 2. The van der Waals surface area contributed by atoms with E-state index < -0.39 is 0 Å². The van der Waals surface area contributed by atoms with Crippen LogP contribution in [0.1, 0.15) is 6.42 Å². The third kappa shape index (κ3) is 2.32. The lowest BCUT2D eigenvalue weighted by atomic mass is 10.2. The van der Waals surface area contributed by atoms with E-state index in [2.05, 4.69) is 21.2 Å². The van der Waals surface area contributed by atoms with Gasteiger partial charge in [0.2, 0.25) is 11.8 Å². The number of carbonyl (C=O) groups is 2. The fraction of sp³-hybridized carbons (Fsp3) is 0.273. The second-order valence-electron chi connectivity index (χ2n) is 3.68. The molecule has 0 aromatic heterocycles. The highest BCUT2D eigenvalue weighted by Gasteiger charge is 2.24. The van der Waals surface area contributed by atoms with Gasteiger partial charge in [-0.3, -0.25) is 9.59 Å². The quantitative estimate of drug-likeness (QED) is 0.814. The molecule has 0 saturated heterocycles. The minimum absolute atomic E-state index is 0.0744.